The van der Waals surface area contributed by atoms with Crippen molar-refractivity contribution in [2.75, 3.05) is 0 Å². The molecule has 47 heavy (non-hydrogen) atoms. The van der Waals surface area contributed by atoms with Gasteiger partial charge in [-0.2, -0.15) is 0 Å². The third-order valence-electron chi connectivity index (χ3n) is 11.3. The summed E-state index contributed by atoms with van der Waals surface area (Å²) in [7, 11) is 0. The van der Waals surface area contributed by atoms with Gasteiger partial charge >= 0.3 is 6.03 Å². The van der Waals surface area contributed by atoms with Crippen molar-refractivity contribution in [3.63, 3.8) is 0 Å². The van der Waals surface area contributed by atoms with Crippen molar-refractivity contribution in [3.8, 4) is 11.5 Å². The molecule has 3 aromatic carbocycles. The second kappa shape index (κ2) is 13.2. The molecule has 0 aromatic heterocycles. The number of para-hydroxylation sites is 2. The normalized spacial score (nSPS) is 15.7. The van der Waals surface area contributed by atoms with Gasteiger partial charge in [0.2, 0.25) is 0 Å². The molecule has 0 radical (unpaired) electrons. The van der Waals surface area contributed by atoms with Crippen LogP contribution in [-0.4, -0.2) is 27.6 Å². The van der Waals surface area contributed by atoms with Gasteiger partial charge in [0.15, 0.2) is 23.9 Å². The quantitative estimate of drug-likeness (QED) is 0.165. The van der Waals surface area contributed by atoms with Gasteiger partial charge in [-0.15, -0.1) is 0 Å². The summed E-state index contributed by atoms with van der Waals surface area (Å²) in [6, 6.07) is 17.0. The molecule has 3 heterocycles. The molecule has 0 atom stereocenters. The van der Waals surface area contributed by atoms with Gasteiger partial charge < -0.3 is 9.47 Å². The van der Waals surface area contributed by atoms with E-state index < -0.39 is 6.03 Å². The molecule has 1 spiro atoms. The monoisotopic (exact) mass is 634 g/mol. The summed E-state index contributed by atoms with van der Waals surface area (Å²) >= 11 is 0. The number of fused-ring (bicyclic) bond motifs is 5. The van der Waals surface area contributed by atoms with Gasteiger partial charge in [0.25, 0.3) is 11.4 Å². The predicted octanol–water partition coefficient (Wildman–Crippen LogP) is 11.5. The zero-order valence-electron chi connectivity index (χ0n) is 30.5. The number of ether oxygens (including phenoxy) is 2. The number of benzene rings is 3. The van der Waals surface area contributed by atoms with Gasteiger partial charge in [-0.25, -0.2) is 0 Å². The van der Waals surface area contributed by atoms with E-state index >= 15 is 0 Å². The lowest BCUT2D eigenvalue weighted by Gasteiger charge is -2.34. The number of aryl methyl sites for hydroxylation is 2. The number of nitrogens with zero attached hydrogens (tertiary/aromatic N) is 2. The van der Waals surface area contributed by atoms with Crippen molar-refractivity contribution >= 4 is 23.8 Å². The number of rotatable bonds is 14. The van der Waals surface area contributed by atoms with Crippen LogP contribution in [0.3, 0.4) is 0 Å². The Morgan fingerprint density at radius 2 is 0.936 bits per heavy atom. The second-order valence-corrected chi connectivity index (χ2v) is 15.2. The Kier molecular flexibility index (Phi) is 9.44. The van der Waals surface area contributed by atoms with E-state index in [-0.39, 0.29) is 10.8 Å². The van der Waals surface area contributed by atoms with Crippen LogP contribution in [-0.2, 0) is 10.8 Å². The standard InChI is InChI=1S/C43H58N2O2/c1-9-13-21-41(7,22-14-10-2)35-25-31(5)39-33(27-35)29-44-37-19-17-18-20-38(37)45-30-34-28-36(42(8,23-15-11-3)24-16-12-4)26-32(6)40(34)47-43(44,45)46-39/h17-20,25-30H,9-16,21-24H2,1-8H3/q+2. The van der Waals surface area contributed by atoms with Crippen LogP contribution in [0.25, 0.3) is 0 Å². The maximum Gasteiger partial charge on any atom is 0.715 e. The van der Waals surface area contributed by atoms with Gasteiger partial charge in [0.05, 0.1) is 11.1 Å². The smallest absolute Gasteiger partial charge is 0.340 e. The van der Waals surface area contributed by atoms with Crippen molar-refractivity contribution in [2.45, 2.75) is 149 Å². The van der Waals surface area contributed by atoms with Crippen LogP contribution in [0, 0.1) is 13.8 Å². The van der Waals surface area contributed by atoms with E-state index in [1.54, 1.807) is 0 Å². The van der Waals surface area contributed by atoms with Gasteiger partial charge in [-0.05, 0) is 93.9 Å². The van der Waals surface area contributed by atoms with E-state index in [0.717, 1.165) is 34.0 Å². The van der Waals surface area contributed by atoms with Crippen molar-refractivity contribution < 1.29 is 18.6 Å². The van der Waals surface area contributed by atoms with E-state index in [0.29, 0.717) is 0 Å². The Morgan fingerprint density at radius 3 is 1.28 bits per heavy atom. The minimum absolute atomic E-state index is 0.148. The zero-order valence-corrected chi connectivity index (χ0v) is 30.5. The lowest BCUT2D eigenvalue weighted by atomic mass is 9.73. The molecule has 0 saturated heterocycles. The lowest BCUT2D eigenvalue weighted by molar-refractivity contribution is -0.831. The number of hydrogen-bond acceptors (Lipinski definition) is 2. The summed E-state index contributed by atoms with van der Waals surface area (Å²) in [6.45, 7) is 18.6. The maximum absolute atomic E-state index is 7.17. The number of hydrogen-bond donors (Lipinski definition) is 0. The first-order chi connectivity index (χ1) is 22.6. The first-order valence-electron chi connectivity index (χ1n) is 18.7. The predicted molar refractivity (Wildman–Crippen MR) is 196 cm³/mol. The highest BCUT2D eigenvalue weighted by Crippen LogP contribution is 2.51. The summed E-state index contributed by atoms with van der Waals surface area (Å²) < 4.78 is 18.8. The Morgan fingerprint density at radius 1 is 0.574 bits per heavy atom. The minimum atomic E-state index is -1.15. The van der Waals surface area contributed by atoms with Gasteiger partial charge in [-0.3, -0.25) is 0 Å². The molecular formula is C43H58N2O2+2. The third kappa shape index (κ3) is 5.85. The fraction of sp³-hybridized carbons (Fsp3) is 0.535. The molecule has 0 bridgehead atoms. The molecule has 4 nitrogen and oxygen atoms in total. The van der Waals surface area contributed by atoms with Gasteiger partial charge in [-0.1, -0.05) is 117 Å². The van der Waals surface area contributed by atoms with Crippen LogP contribution in [0.15, 0.2) is 48.5 Å². The van der Waals surface area contributed by atoms with Crippen LogP contribution in [0.2, 0.25) is 0 Å². The summed E-state index contributed by atoms with van der Waals surface area (Å²) in [6.07, 6.45) is 19.2. The van der Waals surface area contributed by atoms with E-state index in [4.69, 9.17) is 9.47 Å². The molecule has 4 heteroatoms. The molecule has 3 aromatic rings. The number of unbranched alkanes of at least 4 members (excludes halogenated alkanes) is 4. The highest BCUT2D eigenvalue weighted by atomic mass is 16.7. The molecule has 0 aliphatic carbocycles. The summed E-state index contributed by atoms with van der Waals surface area (Å²) in [5.74, 6) is 1.82. The SMILES string of the molecule is CCCCC(C)(CCCC)c1cc(C)c2c(c1)C=[N+]1c3ccccc3[N+]3=Cc4cc(C(C)(CCCC)CCCC)cc(C)c4OC13O2. The molecule has 250 valence electrons. The average Bonchev–Trinajstić information content (AvgIpc) is 3.35. The average molecular weight is 635 g/mol. The molecule has 3 aliphatic heterocycles. The molecule has 0 fully saturated rings. The molecule has 0 amide bonds. The Balaban J connectivity index is 1.47. The maximum atomic E-state index is 7.17. The van der Waals surface area contributed by atoms with Crippen LogP contribution in [0.4, 0.5) is 11.4 Å². The topological polar surface area (TPSA) is 24.5 Å². The van der Waals surface area contributed by atoms with Crippen LogP contribution < -0.4 is 9.47 Å². The highest BCUT2D eigenvalue weighted by molar-refractivity contribution is 5.87. The van der Waals surface area contributed by atoms with Crippen molar-refractivity contribution in [2.24, 2.45) is 0 Å². The lowest BCUT2D eigenvalue weighted by Crippen LogP contribution is -2.59. The van der Waals surface area contributed by atoms with Crippen molar-refractivity contribution in [3.05, 3.63) is 81.9 Å². The Hall–Kier alpha value is -3.40. The Bertz CT molecular complexity index is 1560. The Labute approximate surface area is 284 Å². The molecular weight excluding hydrogens is 576 g/mol. The van der Waals surface area contributed by atoms with Crippen molar-refractivity contribution in [1.82, 2.24) is 0 Å². The van der Waals surface area contributed by atoms with Gasteiger partial charge in [0.1, 0.15) is 0 Å². The van der Waals surface area contributed by atoms with E-state index in [9.17, 15) is 0 Å². The molecule has 0 N–H and O–H groups in total. The van der Waals surface area contributed by atoms with Crippen LogP contribution >= 0.6 is 0 Å². The summed E-state index contributed by atoms with van der Waals surface area (Å²) in [5, 5.41) is 0. The molecule has 3 aliphatic rings. The first-order valence-corrected chi connectivity index (χ1v) is 18.7. The van der Waals surface area contributed by atoms with E-state index in [1.165, 1.54) is 99.3 Å². The second-order valence-electron chi connectivity index (χ2n) is 15.2. The summed E-state index contributed by atoms with van der Waals surface area (Å²) in [5.41, 5.74) is 9.94. The van der Waals surface area contributed by atoms with E-state index in [2.05, 4.69) is 126 Å². The van der Waals surface area contributed by atoms with E-state index in [1.807, 2.05) is 0 Å². The molecule has 0 saturated carbocycles. The summed E-state index contributed by atoms with van der Waals surface area (Å²) in [4.78, 5) is 0. The fourth-order valence-corrected chi connectivity index (χ4v) is 8.22. The zero-order chi connectivity index (χ0) is 33.4. The van der Waals surface area contributed by atoms with Crippen LogP contribution in [0.5, 0.6) is 11.5 Å². The van der Waals surface area contributed by atoms with Crippen LogP contribution in [0.1, 0.15) is 152 Å². The fourth-order valence-electron chi connectivity index (χ4n) is 8.22. The first kappa shape index (κ1) is 33.5. The largest absolute Gasteiger partial charge is 0.715 e. The highest BCUT2D eigenvalue weighted by Gasteiger charge is 2.72. The van der Waals surface area contributed by atoms with Crippen molar-refractivity contribution in [1.29, 1.82) is 0 Å². The molecule has 6 rings (SSSR count). The third-order valence-corrected chi connectivity index (χ3v) is 11.3. The minimum Gasteiger partial charge on any atom is -0.340 e. The van der Waals surface area contributed by atoms with Gasteiger partial charge in [0, 0.05) is 12.1 Å². The molecule has 0 unspecified atom stereocenters.